The molecule has 8 bridgehead atoms. The molecule has 30 nitrogen and oxygen atoms in total. The minimum atomic E-state index is -4.21. The number of rotatable bonds is 26. The summed E-state index contributed by atoms with van der Waals surface area (Å²) in [5.74, 6) is -5.80. The molecule has 32 heteroatoms. The van der Waals surface area contributed by atoms with E-state index in [1.165, 1.54) is 50.4 Å². The molecule has 1 fully saturated rings. The lowest BCUT2D eigenvalue weighted by Crippen LogP contribution is -2.46. The Bertz CT molecular complexity index is 5070. The van der Waals surface area contributed by atoms with Crippen LogP contribution in [0.3, 0.4) is 0 Å². The number of ketones is 4. The first-order chi connectivity index (χ1) is 57.6. The molecule has 8 N–H and O–H groups in total. The van der Waals surface area contributed by atoms with Crippen molar-refractivity contribution < 1.29 is 94.6 Å². The number of methoxy groups -OCH3 is 1. The van der Waals surface area contributed by atoms with Crippen molar-refractivity contribution in [2.24, 2.45) is 28.6 Å². The monoisotopic (exact) mass is 1710 g/mol. The van der Waals surface area contributed by atoms with Crippen molar-refractivity contribution in [3.05, 3.63) is 172 Å². The van der Waals surface area contributed by atoms with Crippen LogP contribution in [0.5, 0.6) is 28.7 Å². The molecule has 3 aliphatic rings. The first kappa shape index (κ1) is 95.8. The second kappa shape index (κ2) is 44.3. The molecule has 1 saturated carbocycles. The second-order valence-corrected chi connectivity index (χ2v) is 32.9. The molecule has 122 heavy (non-hydrogen) atoms. The predicted molar refractivity (Wildman–Crippen MR) is 459 cm³/mol. The molecule has 3 heterocycles. The maximum Gasteiger partial charge on any atom is 0.514 e. The van der Waals surface area contributed by atoms with Gasteiger partial charge in [-0.2, -0.15) is 27.2 Å². The summed E-state index contributed by atoms with van der Waals surface area (Å²) in [7, 11) is -0.160. The minimum Gasteiger partial charge on any atom is -0.507 e. The van der Waals surface area contributed by atoms with Crippen molar-refractivity contribution in [2.45, 2.75) is 188 Å². The number of carbonyl (C=O) groups is 10. The average molecular weight is 1720 g/mol. The minimum absolute atomic E-state index is 0. The number of nitriles is 1. The first-order valence-electron chi connectivity index (χ1n) is 40.4. The van der Waals surface area contributed by atoms with Gasteiger partial charge in [-0.15, -0.1) is 0 Å². The van der Waals surface area contributed by atoms with Crippen LogP contribution in [0, 0.1) is 42.9 Å². The first-order valence-corrected chi connectivity index (χ1v) is 42.0. The van der Waals surface area contributed by atoms with Crippen LogP contribution in [0.4, 0.5) is 9.59 Å². The SMILES string of the molecule is CCCOc1ccc2cc1-c1cc(ccc1OC(=O)OC(C)(C)C)C[C@@H](C(=O)OC)NC(=O)[C@H](C)CC(=O)[C@H]2N(C)C(=O)OCc1ccccc1.Cc1nc(-c2ccc(OC3CCCCC3)cc2)nc(C)c1C(=O)C[C@@H](CCNS(N)(=O)=O)C(=O)N(C)[C@@H]1C(=O)C[C@@H](C)C(=O)N[C@H](C(=O)CCC#N)Cc2ccc(O)c(c2)-c2cc1ccc2OCCN.S. The lowest BCUT2D eigenvalue weighted by Gasteiger charge is -2.32. The number of likely N-dealkylation sites (N-methyl/N-ethyl adjacent to an activating group) is 2. The molecule has 0 spiro atoms. The van der Waals surface area contributed by atoms with Crippen LogP contribution in [0.15, 0.2) is 127 Å². The number of aromatic nitrogens is 2. The summed E-state index contributed by atoms with van der Waals surface area (Å²) in [6.45, 7) is 13.8. The number of carbonyl (C=O) groups excluding carboxylic acids is 10. The number of nitrogens with two attached hydrogens (primary N) is 2. The Morgan fingerprint density at radius 3 is 1.83 bits per heavy atom. The molecule has 0 unspecified atom stereocenters. The summed E-state index contributed by atoms with van der Waals surface area (Å²) in [5, 5.41) is 31.2. The maximum atomic E-state index is 15.0. The van der Waals surface area contributed by atoms with Gasteiger partial charge in [0, 0.05) is 111 Å². The molecule has 0 radical (unpaired) electrons. The van der Waals surface area contributed by atoms with Crippen LogP contribution in [0.25, 0.3) is 33.6 Å². The van der Waals surface area contributed by atoms with Gasteiger partial charge in [0.1, 0.15) is 65.7 Å². The molecule has 2 aliphatic heterocycles. The number of Topliss-reactive ketones (excluding diaryl/α,β-unsaturated/α-hetero) is 4. The molecule has 0 saturated heterocycles. The molecule has 1 aromatic heterocycles. The highest BCUT2D eigenvalue weighted by Gasteiger charge is 2.39. The zero-order valence-corrected chi connectivity index (χ0v) is 72.5. The third-order valence-corrected chi connectivity index (χ3v) is 21.5. The number of amides is 4. The number of nitrogens with zero attached hydrogens (tertiary/aromatic N) is 5. The fourth-order valence-electron chi connectivity index (χ4n) is 14.7. The predicted octanol–water partition coefficient (Wildman–Crippen LogP) is 12.0. The lowest BCUT2D eigenvalue weighted by atomic mass is 9.88. The zero-order valence-electron chi connectivity index (χ0n) is 70.7. The molecule has 7 atom stereocenters. The number of hydrogen-bond donors (Lipinski definition) is 6. The normalized spacial score (nSPS) is 17.8. The molecule has 10 rings (SSSR count). The molecule has 4 amide bonds. The van der Waals surface area contributed by atoms with E-state index in [4.69, 9.17) is 44.0 Å². The quantitative estimate of drug-likeness (QED) is 0.0127. The smallest absolute Gasteiger partial charge is 0.507 e. The van der Waals surface area contributed by atoms with Crippen molar-refractivity contribution in [2.75, 3.05) is 47.5 Å². The molecular formula is C90H110N10O20S2. The molecule has 6 aromatic carbocycles. The van der Waals surface area contributed by atoms with E-state index >= 15 is 0 Å². The number of aromatic hydroxyl groups is 1. The van der Waals surface area contributed by atoms with Gasteiger partial charge in [0.05, 0.1) is 48.9 Å². The van der Waals surface area contributed by atoms with Crippen LogP contribution in [-0.2, 0) is 77.4 Å². The number of phenols is 1. The van der Waals surface area contributed by atoms with Gasteiger partial charge < -0.3 is 59.5 Å². The fraction of sp³-hybridized carbons (Fsp3) is 0.433. The Morgan fingerprint density at radius 2 is 1.25 bits per heavy atom. The van der Waals surface area contributed by atoms with E-state index in [1.54, 1.807) is 108 Å². The molecular weight excluding hydrogens is 1610 g/mol. The fourth-order valence-corrected chi connectivity index (χ4v) is 15.1. The van der Waals surface area contributed by atoms with Crippen LogP contribution in [-0.4, -0.2) is 164 Å². The summed E-state index contributed by atoms with van der Waals surface area (Å²) in [5.41, 5.74) is 10.6. The number of benzene rings is 6. The number of hydrogen-bond acceptors (Lipinski definition) is 24. The molecule has 1 aliphatic carbocycles. The van der Waals surface area contributed by atoms with E-state index in [-0.39, 0.29) is 118 Å². The maximum absolute atomic E-state index is 15.0. The van der Waals surface area contributed by atoms with E-state index in [0.29, 0.717) is 74.9 Å². The van der Waals surface area contributed by atoms with Gasteiger partial charge in [-0.3, -0.25) is 38.5 Å². The largest absolute Gasteiger partial charge is 0.514 e. The van der Waals surface area contributed by atoms with Crippen molar-refractivity contribution in [1.29, 1.82) is 5.26 Å². The van der Waals surface area contributed by atoms with Crippen LogP contribution < -0.4 is 45.2 Å². The Morgan fingerprint density at radius 1 is 0.705 bits per heavy atom. The summed E-state index contributed by atoms with van der Waals surface area (Å²) in [6.07, 6.45) is 3.22. The lowest BCUT2D eigenvalue weighted by molar-refractivity contribution is -0.145. The van der Waals surface area contributed by atoms with Crippen molar-refractivity contribution in [3.8, 4) is 68.5 Å². The van der Waals surface area contributed by atoms with Crippen molar-refractivity contribution >= 4 is 82.8 Å². The number of aryl methyl sites for hydroxylation is 2. The van der Waals surface area contributed by atoms with Crippen molar-refractivity contribution in [3.63, 3.8) is 0 Å². The Balaban J connectivity index is 0.000000316. The van der Waals surface area contributed by atoms with Gasteiger partial charge in [0.2, 0.25) is 17.7 Å². The van der Waals surface area contributed by atoms with Gasteiger partial charge in [0.25, 0.3) is 10.2 Å². The topological polar surface area (TPSA) is 434 Å². The second-order valence-electron chi connectivity index (χ2n) is 31.5. The third-order valence-electron chi connectivity index (χ3n) is 20.8. The number of nitrogens with one attached hydrogen (secondary N) is 3. The molecule has 652 valence electrons. The standard InChI is InChI=1S/C51H62N8O10S.C39H46N2O10.H2S/c1-30-25-45(63)48(35-15-19-46(68-24-22-53)40(28-35)39-26-33(12-18-42(39)60)27-41(58-50(30)64)43(61)11-8-21-52)59(4)51(65)36(20-23-55-70(54,66)67)29-44(62)47-31(2)56-49(57-32(47)3)34-13-16-38(17-14-34)69-37-9-6-5-7-10-37;1-8-18-48-32-17-15-27-22-29(32)28-20-26(14-16-33(28)50-38(46)51-39(3,4)5)21-30(36(44)47-7)40-35(43)24(2)19-31(42)34(27)41(6)37(45)49-23-25-12-10-9-11-13-25;/h12-19,26,28,30,36-37,41,48,55,60H,5-11,20,22-25,27,29,53H2,1-4H3,(H,58,64)(H2,54,66,67);9-17,20,22,24,30,34H,8,18-19,21,23H2,1-7H3,(H,40,43);1H2/t30-,36-,41+,48+;24-,30+,34+;/m11./s1. The Labute approximate surface area is 718 Å². The number of phenolic OH excluding ortho intramolecular Hbond substituents is 1. The summed E-state index contributed by atoms with van der Waals surface area (Å²) < 4.78 is 66.3. The van der Waals surface area contributed by atoms with Crippen LogP contribution in [0.2, 0.25) is 0 Å². The highest BCUT2D eigenvalue weighted by Crippen LogP contribution is 2.44. The van der Waals surface area contributed by atoms with Crippen molar-refractivity contribution in [1.82, 2.24) is 35.1 Å². The number of fused-ring (bicyclic) bond motifs is 10. The average Bonchev–Trinajstić information content (AvgIpc) is 0.783. The van der Waals surface area contributed by atoms with Gasteiger partial charge in [-0.1, -0.05) is 81.8 Å². The van der Waals surface area contributed by atoms with E-state index in [0.717, 1.165) is 37.0 Å². The van der Waals surface area contributed by atoms with E-state index in [1.807, 2.05) is 67.6 Å². The summed E-state index contributed by atoms with van der Waals surface area (Å²) in [4.78, 5) is 150. The van der Waals surface area contributed by atoms with Crippen LogP contribution in [0.1, 0.15) is 180 Å². The highest BCUT2D eigenvalue weighted by atomic mass is 32.2. The van der Waals surface area contributed by atoms with E-state index in [9.17, 15) is 66.7 Å². The van der Waals surface area contributed by atoms with E-state index in [2.05, 4.69) is 25.3 Å². The van der Waals surface area contributed by atoms with Gasteiger partial charge >= 0.3 is 18.2 Å². The Kier molecular flexibility index (Phi) is 34.8. The van der Waals surface area contributed by atoms with Gasteiger partial charge in [0.15, 0.2) is 29.0 Å². The third kappa shape index (κ3) is 26.4. The number of ether oxygens (including phenoxy) is 7. The summed E-state index contributed by atoms with van der Waals surface area (Å²) in [6, 6.07) is 33.2. The van der Waals surface area contributed by atoms with E-state index < -0.39 is 130 Å². The Hall–Kier alpha value is -11.6. The van der Waals surface area contributed by atoms with Gasteiger partial charge in [-0.05, 0) is 180 Å². The highest BCUT2D eigenvalue weighted by molar-refractivity contribution is 7.87. The summed E-state index contributed by atoms with van der Waals surface area (Å²) >= 11 is 0. The molecule has 7 aromatic rings. The van der Waals surface area contributed by atoms with Gasteiger partial charge in [-0.25, -0.2) is 34.2 Å². The zero-order chi connectivity index (χ0) is 88.0. The van der Waals surface area contributed by atoms with Crippen LogP contribution >= 0.6 is 13.5 Å². The number of esters is 1.